The van der Waals surface area contributed by atoms with Crippen molar-refractivity contribution < 1.29 is 9.47 Å². The largest absolute Gasteiger partial charge is 0.493 e. The van der Waals surface area contributed by atoms with Crippen molar-refractivity contribution in [2.24, 2.45) is 5.92 Å². The van der Waals surface area contributed by atoms with E-state index in [9.17, 15) is 0 Å². The van der Waals surface area contributed by atoms with Crippen LogP contribution in [0.25, 0.3) is 0 Å². The molecule has 0 aromatic heterocycles. The van der Waals surface area contributed by atoms with Gasteiger partial charge in [-0.25, -0.2) is 0 Å². The first-order chi connectivity index (χ1) is 10.2. The minimum absolute atomic E-state index is 0.642. The first kappa shape index (κ1) is 16.6. The van der Waals surface area contributed by atoms with Gasteiger partial charge in [0.15, 0.2) is 11.5 Å². The minimum Gasteiger partial charge on any atom is -0.493 e. The van der Waals surface area contributed by atoms with Gasteiger partial charge < -0.3 is 14.8 Å². The van der Waals surface area contributed by atoms with Gasteiger partial charge >= 0.3 is 0 Å². The van der Waals surface area contributed by atoms with Crippen molar-refractivity contribution in [2.75, 3.05) is 14.2 Å². The van der Waals surface area contributed by atoms with E-state index in [4.69, 9.17) is 9.47 Å². The summed E-state index contributed by atoms with van der Waals surface area (Å²) in [6, 6.07) is 4.68. The summed E-state index contributed by atoms with van der Waals surface area (Å²) in [4.78, 5) is 0. The molecule has 0 spiro atoms. The Bertz CT molecular complexity index is 464. The molecule has 2 atom stereocenters. The second-order valence-electron chi connectivity index (χ2n) is 5.74. The molecular weight excluding hydrogens is 330 g/mol. The molecule has 1 aliphatic carbocycles. The fourth-order valence-electron chi connectivity index (χ4n) is 3.24. The van der Waals surface area contributed by atoms with Gasteiger partial charge in [0.05, 0.1) is 14.2 Å². The monoisotopic (exact) mass is 355 g/mol. The quantitative estimate of drug-likeness (QED) is 0.813. The topological polar surface area (TPSA) is 30.5 Å². The number of ether oxygens (including phenoxy) is 2. The zero-order valence-electron chi connectivity index (χ0n) is 13.2. The maximum atomic E-state index is 5.39. The Morgan fingerprint density at radius 2 is 1.81 bits per heavy atom. The highest BCUT2D eigenvalue weighted by Gasteiger charge is 2.23. The molecule has 0 amide bonds. The van der Waals surface area contributed by atoms with E-state index >= 15 is 0 Å². The molecule has 0 aliphatic heterocycles. The van der Waals surface area contributed by atoms with Gasteiger partial charge in [0.25, 0.3) is 0 Å². The highest BCUT2D eigenvalue weighted by molar-refractivity contribution is 9.10. The number of methoxy groups -OCH3 is 2. The molecule has 3 nitrogen and oxygen atoms in total. The highest BCUT2D eigenvalue weighted by Crippen LogP contribution is 2.34. The Morgan fingerprint density at radius 3 is 2.48 bits per heavy atom. The Morgan fingerprint density at radius 1 is 1.14 bits per heavy atom. The molecule has 4 heteroatoms. The summed E-state index contributed by atoms with van der Waals surface area (Å²) in [6.07, 6.45) is 6.66. The van der Waals surface area contributed by atoms with Crippen molar-refractivity contribution in [3.63, 3.8) is 0 Å². The molecule has 2 unspecified atom stereocenters. The van der Waals surface area contributed by atoms with E-state index in [2.05, 4.69) is 34.2 Å². The lowest BCUT2D eigenvalue weighted by Gasteiger charge is -2.32. The van der Waals surface area contributed by atoms with Gasteiger partial charge in [-0.2, -0.15) is 0 Å². The Hall–Kier alpha value is -0.740. The SMILES string of the molecule is CCC1CCCCC1NCc1cc(OC)c(OC)cc1Br. The molecule has 0 radical (unpaired) electrons. The van der Waals surface area contributed by atoms with Crippen molar-refractivity contribution in [3.05, 3.63) is 22.2 Å². The van der Waals surface area contributed by atoms with E-state index in [1.165, 1.54) is 37.7 Å². The van der Waals surface area contributed by atoms with Gasteiger partial charge in [-0.15, -0.1) is 0 Å². The molecule has 1 aromatic carbocycles. The number of benzene rings is 1. The normalized spacial score (nSPS) is 22.1. The van der Waals surface area contributed by atoms with Crippen LogP contribution in [0.2, 0.25) is 0 Å². The maximum absolute atomic E-state index is 5.39. The van der Waals surface area contributed by atoms with Crippen LogP contribution in [0.4, 0.5) is 0 Å². The number of nitrogens with one attached hydrogen (secondary N) is 1. The molecule has 0 saturated heterocycles. The van der Waals surface area contributed by atoms with E-state index in [1.54, 1.807) is 14.2 Å². The molecular formula is C17H26BrNO2. The maximum Gasteiger partial charge on any atom is 0.161 e. The molecule has 1 fully saturated rings. The number of hydrogen-bond acceptors (Lipinski definition) is 3. The van der Waals surface area contributed by atoms with Gasteiger partial charge in [0.1, 0.15) is 0 Å². The van der Waals surface area contributed by atoms with Crippen LogP contribution in [-0.4, -0.2) is 20.3 Å². The fourth-order valence-corrected chi connectivity index (χ4v) is 3.70. The summed E-state index contributed by atoms with van der Waals surface area (Å²) in [5.41, 5.74) is 1.22. The molecule has 0 bridgehead atoms. The average Bonchev–Trinajstić information content (AvgIpc) is 2.53. The lowest BCUT2D eigenvalue weighted by atomic mass is 9.83. The van der Waals surface area contributed by atoms with E-state index < -0.39 is 0 Å². The summed E-state index contributed by atoms with van der Waals surface area (Å²) in [6.45, 7) is 3.17. The lowest BCUT2D eigenvalue weighted by molar-refractivity contribution is 0.254. The highest BCUT2D eigenvalue weighted by atomic mass is 79.9. The second kappa shape index (κ2) is 8.04. The number of halogens is 1. The van der Waals surface area contributed by atoms with Crippen molar-refractivity contribution in [2.45, 2.75) is 51.6 Å². The fraction of sp³-hybridized carbons (Fsp3) is 0.647. The van der Waals surface area contributed by atoms with Gasteiger partial charge in [0, 0.05) is 17.1 Å². The van der Waals surface area contributed by atoms with E-state index in [0.717, 1.165) is 28.4 Å². The Kier molecular flexibility index (Phi) is 6.37. The third kappa shape index (κ3) is 4.13. The Balaban J connectivity index is 2.05. The third-order valence-electron chi connectivity index (χ3n) is 4.54. The van der Waals surface area contributed by atoms with Gasteiger partial charge in [-0.05, 0) is 36.5 Å². The van der Waals surface area contributed by atoms with Crippen LogP contribution in [0, 0.1) is 5.92 Å². The number of hydrogen-bond donors (Lipinski definition) is 1. The van der Waals surface area contributed by atoms with Crippen LogP contribution >= 0.6 is 15.9 Å². The predicted molar refractivity (Wildman–Crippen MR) is 90.1 cm³/mol. The van der Waals surface area contributed by atoms with Crippen LogP contribution in [0.3, 0.4) is 0 Å². The molecule has 21 heavy (non-hydrogen) atoms. The van der Waals surface area contributed by atoms with Crippen molar-refractivity contribution in [3.8, 4) is 11.5 Å². The third-order valence-corrected chi connectivity index (χ3v) is 5.28. The van der Waals surface area contributed by atoms with E-state index in [0.29, 0.717) is 6.04 Å². The zero-order chi connectivity index (χ0) is 15.2. The summed E-state index contributed by atoms with van der Waals surface area (Å²) in [5.74, 6) is 2.36. The molecule has 118 valence electrons. The predicted octanol–water partition coefficient (Wildman–Crippen LogP) is 4.52. The molecule has 1 saturated carbocycles. The minimum atomic E-state index is 0.642. The first-order valence-corrected chi connectivity index (χ1v) is 8.62. The molecule has 0 heterocycles. The van der Waals surface area contributed by atoms with E-state index in [-0.39, 0.29) is 0 Å². The van der Waals surface area contributed by atoms with Crippen LogP contribution in [-0.2, 0) is 6.54 Å². The van der Waals surface area contributed by atoms with Crippen molar-refractivity contribution in [1.82, 2.24) is 5.32 Å². The van der Waals surface area contributed by atoms with Gasteiger partial charge in [-0.1, -0.05) is 42.1 Å². The van der Waals surface area contributed by atoms with Crippen LogP contribution < -0.4 is 14.8 Å². The zero-order valence-corrected chi connectivity index (χ0v) is 14.8. The summed E-state index contributed by atoms with van der Waals surface area (Å²) in [7, 11) is 3.34. The smallest absolute Gasteiger partial charge is 0.161 e. The molecule has 1 N–H and O–H groups in total. The van der Waals surface area contributed by atoms with Gasteiger partial charge in [0.2, 0.25) is 0 Å². The van der Waals surface area contributed by atoms with Crippen LogP contribution in [0.15, 0.2) is 16.6 Å². The van der Waals surface area contributed by atoms with E-state index in [1.807, 2.05) is 6.07 Å². The summed E-state index contributed by atoms with van der Waals surface area (Å²) in [5, 5.41) is 3.74. The number of rotatable bonds is 6. The second-order valence-corrected chi connectivity index (χ2v) is 6.59. The Labute approximate surface area is 136 Å². The standard InChI is InChI=1S/C17H26BrNO2/c1-4-12-7-5-6-8-15(12)19-11-13-9-16(20-2)17(21-3)10-14(13)18/h9-10,12,15,19H,4-8,11H2,1-3H3. The van der Waals surface area contributed by atoms with Gasteiger partial charge in [-0.3, -0.25) is 0 Å². The summed E-state index contributed by atoms with van der Waals surface area (Å²) >= 11 is 3.63. The first-order valence-electron chi connectivity index (χ1n) is 7.83. The van der Waals surface area contributed by atoms with Crippen LogP contribution in [0.5, 0.6) is 11.5 Å². The summed E-state index contributed by atoms with van der Waals surface area (Å²) < 4.78 is 11.8. The lowest BCUT2D eigenvalue weighted by Crippen LogP contribution is -2.37. The molecule has 2 rings (SSSR count). The van der Waals surface area contributed by atoms with Crippen LogP contribution in [0.1, 0.15) is 44.6 Å². The average molecular weight is 356 g/mol. The molecule has 1 aliphatic rings. The molecule has 1 aromatic rings. The van der Waals surface area contributed by atoms with Crippen molar-refractivity contribution in [1.29, 1.82) is 0 Å². The van der Waals surface area contributed by atoms with Crippen molar-refractivity contribution >= 4 is 15.9 Å².